The Balaban J connectivity index is 2.57. The molecule has 0 unspecified atom stereocenters. The first-order chi connectivity index (χ1) is 10.9. The number of aryl methyl sites for hydroxylation is 1. The monoisotopic (exact) mass is 320 g/mol. The second-order valence-electron chi connectivity index (χ2n) is 5.09. The van der Waals surface area contributed by atoms with Crippen molar-refractivity contribution in [1.82, 2.24) is 0 Å². The van der Waals surface area contributed by atoms with E-state index in [1.165, 1.54) is 0 Å². The molecule has 0 bridgehead atoms. The van der Waals surface area contributed by atoms with Crippen molar-refractivity contribution in [1.29, 1.82) is 0 Å². The van der Waals surface area contributed by atoms with E-state index in [-0.39, 0.29) is 6.10 Å². The average Bonchev–Trinajstić information content (AvgIpc) is 2.49. The molecule has 7 nitrogen and oxygen atoms in total. The van der Waals surface area contributed by atoms with Gasteiger partial charge in [-0.1, -0.05) is 18.2 Å². The van der Waals surface area contributed by atoms with E-state index < -0.39 is 23.8 Å². The van der Waals surface area contributed by atoms with E-state index in [0.29, 0.717) is 6.42 Å². The van der Waals surface area contributed by atoms with E-state index in [9.17, 15) is 9.59 Å². The summed E-state index contributed by atoms with van der Waals surface area (Å²) >= 11 is 0. The van der Waals surface area contributed by atoms with Crippen molar-refractivity contribution in [2.75, 3.05) is 7.11 Å². The number of ether oxygens (including phenoxy) is 3. The summed E-state index contributed by atoms with van der Waals surface area (Å²) in [6, 6.07) is 7.58. The lowest BCUT2D eigenvalue weighted by molar-refractivity contribution is -0.151. The molecule has 0 radical (unpaired) electrons. The van der Waals surface area contributed by atoms with Gasteiger partial charge in [-0.3, -0.25) is 0 Å². The number of nitrogens with zero attached hydrogens (tertiary/aromatic N) is 2. The maximum atomic E-state index is 11.7. The smallest absolute Gasteiger partial charge is 0.482 e. The van der Waals surface area contributed by atoms with Crippen LogP contribution in [0.1, 0.15) is 25.8 Å². The molecule has 1 aromatic rings. The Morgan fingerprint density at radius 2 is 1.83 bits per heavy atom. The van der Waals surface area contributed by atoms with Crippen LogP contribution in [-0.2, 0) is 19.1 Å². The number of hydrogen-bond donors (Lipinski definition) is 0. The zero-order valence-corrected chi connectivity index (χ0v) is 13.6. The van der Waals surface area contributed by atoms with Gasteiger partial charge < -0.3 is 19.7 Å². The van der Waals surface area contributed by atoms with Crippen LogP contribution in [0.2, 0.25) is 0 Å². The topological polar surface area (TPSA) is 98.2 Å². The molecule has 0 fully saturated rings. The summed E-state index contributed by atoms with van der Waals surface area (Å²) in [7, 11) is 1.07. The van der Waals surface area contributed by atoms with E-state index in [4.69, 9.17) is 15.0 Å². The Hall–Kier alpha value is -2.66. The second kappa shape index (κ2) is 8.70. The molecule has 0 N–H and O–H groups in total. The molecule has 0 aliphatic heterocycles. The SMILES string of the molecule is COC(=O)C(=[N+]=[N-])C(=O)O[C@H](C)C[C@H](C)Oc1ccccc1C. The molecule has 0 aromatic heterocycles. The van der Waals surface area contributed by atoms with Crippen LogP contribution in [0.5, 0.6) is 5.75 Å². The number of para-hydroxylation sites is 1. The van der Waals surface area contributed by atoms with Gasteiger partial charge in [0.25, 0.3) is 0 Å². The van der Waals surface area contributed by atoms with Crippen molar-refractivity contribution in [3.8, 4) is 5.75 Å². The number of methoxy groups -OCH3 is 1. The second-order valence-corrected chi connectivity index (χ2v) is 5.09. The Labute approximate surface area is 134 Å². The number of esters is 2. The van der Waals surface area contributed by atoms with E-state index >= 15 is 0 Å². The van der Waals surface area contributed by atoms with E-state index in [2.05, 4.69) is 9.53 Å². The highest BCUT2D eigenvalue weighted by atomic mass is 16.6. The van der Waals surface area contributed by atoms with Gasteiger partial charge in [0.15, 0.2) is 0 Å². The molecule has 0 saturated heterocycles. The standard InChI is InChI=1S/C16H20N2O5/c1-10-7-5-6-8-13(10)22-11(2)9-12(3)23-16(20)14(18-17)15(19)21-4/h5-8,11-12H,9H2,1-4H3/t11-,12+/m0/s1. The van der Waals surface area contributed by atoms with Crippen molar-refractivity contribution >= 4 is 17.7 Å². The molecule has 1 rings (SSSR count). The predicted octanol–water partition coefficient (Wildman–Crippen LogP) is 1.93. The largest absolute Gasteiger partial charge is 0.490 e. The van der Waals surface area contributed by atoms with Crippen LogP contribution in [0.25, 0.3) is 5.53 Å². The summed E-state index contributed by atoms with van der Waals surface area (Å²) < 4.78 is 15.2. The van der Waals surface area contributed by atoms with Gasteiger partial charge in [0.2, 0.25) is 0 Å². The van der Waals surface area contributed by atoms with Gasteiger partial charge in [-0.15, -0.1) is 0 Å². The molecule has 0 heterocycles. The molecular weight excluding hydrogens is 300 g/mol. The molecule has 0 spiro atoms. The molecule has 0 amide bonds. The summed E-state index contributed by atoms with van der Waals surface area (Å²) in [5.41, 5.74) is 8.88. The van der Waals surface area contributed by atoms with Gasteiger partial charge in [0.1, 0.15) is 11.9 Å². The molecule has 0 aliphatic rings. The fraction of sp³-hybridized carbons (Fsp3) is 0.438. The lowest BCUT2D eigenvalue weighted by atomic mass is 10.2. The van der Waals surface area contributed by atoms with Crippen LogP contribution < -0.4 is 4.74 Å². The van der Waals surface area contributed by atoms with Gasteiger partial charge in [-0.25, -0.2) is 9.59 Å². The number of rotatable bonds is 7. The first-order valence-corrected chi connectivity index (χ1v) is 7.12. The minimum Gasteiger partial charge on any atom is -0.490 e. The van der Waals surface area contributed by atoms with Crippen molar-refractivity contribution in [2.45, 2.75) is 39.4 Å². The number of carbonyl (C=O) groups excluding carboxylic acids is 2. The van der Waals surface area contributed by atoms with Crippen LogP contribution in [0, 0.1) is 6.92 Å². The van der Waals surface area contributed by atoms with E-state index in [0.717, 1.165) is 18.4 Å². The Morgan fingerprint density at radius 3 is 2.39 bits per heavy atom. The number of hydrogen-bond acceptors (Lipinski definition) is 5. The third kappa shape index (κ3) is 5.56. The summed E-state index contributed by atoms with van der Waals surface area (Å²) in [4.78, 5) is 25.6. The fourth-order valence-corrected chi connectivity index (χ4v) is 1.97. The summed E-state index contributed by atoms with van der Waals surface area (Å²) in [5.74, 6) is -1.35. The van der Waals surface area contributed by atoms with Crippen molar-refractivity contribution in [3.63, 3.8) is 0 Å². The number of carbonyl (C=O) groups is 2. The lowest BCUT2D eigenvalue weighted by Crippen LogP contribution is -2.32. The Morgan fingerprint density at radius 1 is 1.17 bits per heavy atom. The minimum atomic E-state index is -1.06. The maximum absolute atomic E-state index is 11.7. The van der Waals surface area contributed by atoms with Crippen LogP contribution in [0.15, 0.2) is 24.3 Å². The van der Waals surface area contributed by atoms with Crippen LogP contribution in [0.4, 0.5) is 0 Å². The van der Waals surface area contributed by atoms with Crippen LogP contribution in [0.3, 0.4) is 0 Å². The highest BCUT2D eigenvalue weighted by molar-refractivity contribution is 6.60. The van der Waals surface area contributed by atoms with Crippen molar-refractivity contribution in [3.05, 3.63) is 35.4 Å². The molecule has 7 heteroatoms. The van der Waals surface area contributed by atoms with Gasteiger partial charge in [-0.05, 0) is 32.4 Å². The zero-order valence-electron chi connectivity index (χ0n) is 13.6. The Bertz CT molecular complexity index is 623. The third-order valence-electron chi connectivity index (χ3n) is 3.07. The molecular formula is C16H20N2O5. The molecule has 124 valence electrons. The van der Waals surface area contributed by atoms with Crippen LogP contribution >= 0.6 is 0 Å². The van der Waals surface area contributed by atoms with Gasteiger partial charge in [0.05, 0.1) is 13.2 Å². The maximum Gasteiger partial charge on any atom is 0.482 e. The number of benzene rings is 1. The van der Waals surface area contributed by atoms with E-state index in [1.54, 1.807) is 6.92 Å². The fourth-order valence-electron chi connectivity index (χ4n) is 1.97. The Kier molecular flexibility index (Phi) is 6.96. The first-order valence-electron chi connectivity index (χ1n) is 7.12. The van der Waals surface area contributed by atoms with E-state index in [1.807, 2.05) is 38.1 Å². The minimum absolute atomic E-state index is 0.216. The molecule has 2 atom stereocenters. The molecule has 0 saturated carbocycles. The zero-order chi connectivity index (χ0) is 17.4. The molecule has 0 aliphatic carbocycles. The summed E-state index contributed by atoms with van der Waals surface area (Å²) in [6.45, 7) is 5.44. The van der Waals surface area contributed by atoms with Crippen molar-refractivity contribution in [2.24, 2.45) is 0 Å². The highest BCUT2D eigenvalue weighted by Gasteiger charge is 2.34. The average molecular weight is 320 g/mol. The first kappa shape index (κ1) is 18.4. The third-order valence-corrected chi connectivity index (χ3v) is 3.07. The quantitative estimate of drug-likeness (QED) is 0.251. The molecule has 1 aromatic carbocycles. The predicted molar refractivity (Wildman–Crippen MR) is 82.1 cm³/mol. The van der Waals surface area contributed by atoms with Crippen LogP contribution in [-0.4, -0.2) is 41.8 Å². The normalized spacial score (nSPS) is 12.5. The summed E-state index contributed by atoms with van der Waals surface area (Å²) in [5, 5.41) is 0. The highest BCUT2D eigenvalue weighted by Crippen LogP contribution is 2.19. The van der Waals surface area contributed by atoms with Gasteiger partial charge in [-0.2, -0.15) is 4.79 Å². The van der Waals surface area contributed by atoms with Crippen molar-refractivity contribution < 1.29 is 28.6 Å². The summed E-state index contributed by atoms with van der Waals surface area (Å²) in [6.07, 6.45) is -0.352. The van der Waals surface area contributed by atoms with Gasteiger partial charge >= 0.3 is 17.7 Å². The van der Waals surface area contributed by atoms with Gasteiger partial charge in [0, 0.05) is 6.42 Å². The lowest BCUT2D eigenvalue weighted by Gasteiger charge is -2.19. The molecule has 23 heavy (non-hydrogen) atoms.